The van der Waals surface area contributed by atoms with Gasteiger partial charge in [0, 0.05) is 31.2 Å². The zero-order chi connectivity index (χ0) is 12.5. The number of hydrogen-bond donors (Lipinski definition) is 2. The SMILES string of the molecule is CC(c1cccc(O)c1)N1CCC2CCC(C1)N2. The minimum Gasteiger partial charge on any atom is -0.508 e. The molecule has 3 rings (SSSR count). The van der Waals surface area contributed by atoms with E-state index in [2.05, 4.69) is 23.2 Å². The zero-order valence-electron chi connectivity index (χ0n) is 11.0. The van der Waals surface area contributed by atoms with Gasteiger partial charge in [0.05, 0.1) is 0 Å². The van der Waals surface area contributed by atoms with Crippen LogP contribution in [0.15, 0.2) is 24.3 Å². The Hall–Kier alpha value is -1.06. The fraction of sp³-hybridized carbons (Fsp3) is 0.600. The molecule has 2 aliphatic heterocycles. The molecule has 2 saturated heterocycles. The molecule has 0 radical (unpaired) electrons. The van der Waals surface area contributed by atoms with E-state index in [0.29, 0.717) is 17.8 Å². The molecular weight excluding hydrogens is 224 g/mol. The second-order valence-corrected chi connectivity index (χ2v) is 5.69. The fourth-order valence-electron chi connectivity index (χ4n) is 3.32. The fourth-order valence-corrected chi connectivity index (χ4v) is 3.32. The molecule has 3 atom stereocenters. The average Bonchev–Trinajstić information content (AvgIpc) is 2.68. The molecule has 3 unspecified atom stereocenters. The molecule has 2 heterocycles. The number of fused-ring (bicyclic) bond motifs is 2. The highest BCUT2D eigenvalue weighted by Crippen LogP contribution is 2.28. The number of likely N-dealkylation sites (tertiary alicyclic amines) is 1. The van der Waals surface area contributed by atoms with Crippen molar-refractivity contribution in [3.8, 4) is 5.75 Å². The Morgan fingerprint density at radius 2 is 2.11 bits per heavy atom. The molecule has 2 bridgehead atoms. The van der Waals surface area contributed by atoms with Crippen molar-refractivity contribution < 1.29 is 5.11 Å². The first-order valence-electron chi connectivity index (χ1n) is 7.01. The molecular formula is C15H22N2O. The van der Waals surface area contributed by atoms with Crippen molar-refractivity contribution in [2.24, 2.45) is 0 Å². The maximum absolute atomic E-state index is 9.59. The predicted molar refractivity (Wildman–Crippen MR) is 72.7 cm³/mol. The van der Waals surface area contributed by atoms with Crippen LogP contribution >= 0.6 is 0 Å². The molecule has 2 N–H and O–H groups in total. The van der Waals surface area contributed by atoms with E-state index >= 15 is 0 Å². The zero-order valence-corrected chi connectivity index (χ0v) is 11.0. The van der Waals surface area contributed by atoms with E-state index in [4.69, 9.17) is 0 Å². The lowest BCUT2D eigenvalue weighted by Crippen LogP contribution is -2.36. The summed E-state index contributed by atoms with van der Waals surface area (Å²) in [6.45, 7) is 4.53. The summed E-state index contributed by atoms with van der Waals surface area (Å²) in [6, 6.07) is 9.46. The van der Waals surface area contributed by atoms with Gasteiger partial charge in [-0.3, -0.25) is 4.90 Å². The van der Waals surface area contributed by atoms with Crippen molar-refractivity contribution in [3.63, 3.8) is 0 Å². The Kier molecular flexibility index (Phi) is 3.27. The van der Waals surface area contributed by atoms with E-state index in [1.165, 1.54) is 24.8 Å². The molecule has 0 spiro atoms. The molecule has 0 amide bonds. The summed E-state index contributed by atoms with van der Waals surface area (Å²) in [5.41, 5.74) is 1.22. The highest BCUT2D eigenvalue weighted by Gasteiger charge is 2.31. The van der Waals surface area contributed by atoms with Gasteiger partial charge in [-0.1, -0.05) is 12.1 Å². The van der Waals surface area contributed by atoms with Gasteiger partial charge in [0.25, 0.3) is 0 Å². The van der Waals surface area contributed by atoms with Gasteiger partial charge in [0.2, 0.25) is 0 Å². The topological polar surface area (TPSA) is 35.5 Å². The molecule has 2 fully saturated rings. The first-order chi connectivity index (χ1) is 8.72. The molecule has 0 aliphatic carbocycles. The third-order valence-electron chi connectivity index (χ3n) is 4.46. The van der Waals surface area contributed by atoms with Crippen LogP contribution in [0.4, 0.5) is 0 Å². The quantitative estimate of drug-likeness (QED) is 0.840. The second-order valence-electron chi connectivity index (χ2n) is 5.69. The number of nitrogens with zero attached hydrogens (tertiary/aromatic N) is 1. The predicted octanol–water partition coefficient (Wildman–Crippen LogP) is 2.28. The summed E-state index contributed by atoms with van der Waals surface area (Å²) in [5.74, 6) is 0.369. The van der Waals surface area contributed by atoms with Crippen molar-refractivity contribution in [1.29, 1.82) is 0 Å². The summed E-state index contributed by atoms with van der Waals surface area (Å²) in [6.07, 6.45) is 3.91. The average molecular weight is 246 g/mol. The molecule has 98 valence electrons. The van der Waals surface area contributed by atoms with Gasteiger partial charge >= 0.3 is 0 Å². The number of phenolic OH excluding ortho intramolecular Hbond substituents is 1. The number of hydrogen-bond acceptors (Lipinski definition) is 3. The van der Waals surface area contributed by atoms with Crippen LogP contribution in [0.1, 0.15) is 37.8 Å². The van der Waals surface area contributed by atoms with Gasteiger partial charge in [0.15, 0.2) is 0 Å². The molecule has 18 heavy (non-hydrogen) atoms. The highest BCUT2D eigenvalue weighted by atomic mass is 16.3. The van der Waals surface area contributed by atoms with E-state index in [9.17, 15) is 5.11 Å². The molecule has 0 aromatic heterocycles. The van der Waals surface area contributed by atoms with Crippen molar-refractivity contribution >= 4 is 0 Å². The molecule has 2 aliphatic rings. The first kappa shape index (κ1) is 12.0. The number of aromatic hydroxyl groups is 1. The Morgan fingerprint density at radius 1 is 1.28 bits per heavy atom. The van der Waals surface area contributed by atoms with E-state index in [0.717, 1.165) is 19.1 Å². The number of benzene rings is 1. The minimum atomic E-state index is 0.369. The van der Waals surface area contributed by atoms with Gasteiger partial charge in [-0.05, 0) is 43.9 Å². The van der Waals surface area contributed by atoms with Gasteiger partial charge in [0.1, 0.15) is 5.75 Å². The lowest BCUT2D eigenvalue weighted by atomic mass is 10.0. The molecule has 0 saturated carbocycles. The third kappa shape index (κ3) is 2.38. The van der Waals surface area contributed by atoms with Crippen molar-refractivity contribution in [3.05, 3.63) is 29.8 Å². The number of rotatable bonds is 2. The summed E-state index contributed by atoms with van der Waals surface area (Å²) in [7, 11) is 0. The minimum absolute atomic E-state index is 0.369. The standard InChI is InChI=1S/C15H22N2O/c1-11(12-3-2-4-15(18)9-12)17-8-7-13-5-6-14(10-17)16-13/h2-4,9,11,13-14,16,18H,5-8,10H2,1H3. The smallest absolute Gasteiger partial charge is 0.115 e. The Bertz CT molecular complexity index is 421. The maximum atomic E-state index is 9.59. The van der Waals surface area contributed by atoms with E-state index < -0.39 is 0 Å². The Balaban J connectivity index is 1.74. The lowest BCUT2D eigenvalue weighted by molar-refractivity contribution is 0.199. The van der Waals surface area contributed by atoms with Crippen molar-refractivity contribution in [1.82, 2.24) is 10.2 Å². The van der Waals surface area contributed by atoms with Gasteiger partial charge in [-0.2, -0.15) is 0 Å². The van der Waals surface area contributed by atoms with E-state index in [-0.39, 0.29) is 0 Å². The van der Waals surface area contributed by atoms with Crippen molar-refractivity contribution in [2.75, 3.05) is 13.1 Å². The van der Waals surface area contributed by atoms with Gasteiger partial charge in [-0.25, -0.2) is 0 Å². The van der Waals surface area contributed by atoms with Crippen LogP contribution in [0, 0.1) is 0 Å². The van der Waals surface area contributed by atoms with Crippen LogP contribution in [-0.2, 0) is 0 Å². The summed E-state index contributed by atoms with van der Waals surface area (Å²) >= 11 is 0. The Morgan fingerprint density at radius 3 is 2.94 bits per heavy atom. The monoisotopic (exact) mass is 246 g/mol. The normalized spacial score (nSPS) is 30.1. The Labute approximate surface area is 109 Å². The van der Waals surface area contributed by atoms with E-state index in [1.54, 1.807) is 6.07 Å². The van der Waals surface area contributed by atoms with Crippen LogP contribution in [0.5, 0.6) is 5.75 Å². The molecule has 1 aromatic carbocycles. The van der Waals surface area contributed by atoms with Crippen LogP contribution in [0.3, 0.4) is 0 Å². The highest BCUT2D eigenvalue weighted by molar-refractivity contribution is 5.29. The first-order valence-corrected chi connectivity index (χ1v) is 7.01. The summed E-state index contributed by atoms with van der Waals surface area (Å²) < 4.78 is 0. The van der Waals surface area contributed by atoms with Crippen LogP contribution < -0.4 is 5.32 Å². The summed E-state index contributed by atoms with van der Waals surface area (Å²) in [4.78, 5) is 2.55. The van der Waals surface area contributed by atoms with Gasteiger partial charge in [-0.15, -0.1) is 0 Å². The third-order valence-corrected chi connectivity index (χ3v) is 4.46. The van der Waals surface area contributed by atoms with Crippen LogP contribution in [0.25, 0.3) is 0 Å². The lowest BCUT2D eigenvalue weighted by Gasteiger charge is -2.30. The summed E-state index contributed by atoms with van der Waals surface area (Å²) in [5, 5.41) is 13.3. The number of phenols is 1. The molecule has 1 aromatic rings. The molecule has 3 nitrogen and oxygen atoms in total. The maximum Gasteiger partial charge on any atom is 0.115 e. The van der Waals surface area contributed by atoms with Crippen LogP contribution in [0.2, 0.25) is 0 Å². The van der Waals surface area contributed by atoms with E-state index in [1.807, 2.05) is 12.1 Å². The largest absolute Gasteiger partial charge is 0.508 e. The number of nitrogens with one attached hydrogen (secondary N) is 1. The van der Waals surface area contributed by atoms with Gasteiger partial charge < -0.3 is 10.4 Å². The second kappa shape index (κ2) is 4.90. The van der Waals surface area contributed by atoms with Crippen molar-refractivity contribution in [2.45, 2.75) is 44.3 Å². The van der Waals surface area contributed by atoms with Crippen LogP contribution in [-0.4, -0.2) is 35.2 Å². The molecule has 3 heteroatoms.